The molecule has 0 spiro atoms. The minimum Gasteiger partial charge on any atom is -0.481 e. The fourth-order valence-corrected chi connectivity index (χ4v) is 2.86. The quantitative estimate of drug-likeness (QED) is 0.700. The molecule has 1 N–H and O–H groups in total. The molecular weight excluding hydrogens is 168 g/mol. The monoisotopic (exact) mass is 182 g/mol. The molecule has 3 unspecified atom stereocenters. The van der Waals surface area contributed by atoms with E-state index in [1.165, 1.54) is 0 Å². The highest BCUT2D eigenvalue weighted by Crippen LogP contribution is 2.48. The second-order valence-electron chi connectivity index (χ2n) is 4.31. The molecule has 0 amide bonds. The molecule has 2 aliphatic carbocycles. The van der Waals surface area contributed by atoms with Crippen LogP contribution in [0, 0.1) is 23.7 Å². The van der Waals surface area contributed by atoms with Crippen LogP contribution in [0.1, 0.15) is 26.2 Å². The Hall–Kier alpha value is -0.860. The molecule has 13 heavy (non-hydrogen) atoms. The Morgan fingerprint density at radius 1 is 1.54 bits per heavy atom. The Balaban J connectivity index is 2.12. The van der Waals surface area contributed by atoms with E-state index >= 15 is 0 Å². The lowest BCUT2D eigenvalue weighted by atomic mass is 9.80. The van der Waals surface area contributed by atoms with Crippen LogP contribution in [0.4, 0.5) is 0 Å². The molecule has 3 nitrogen and oxygen atoms in total. The van der Waals surface area contributed by atoms with Gasteiger partial charge in [-0.15, -0.1) is 0 Å². The molecule has 2 fully saturated rings. The van der Waals surface area contributed by atoms with Crippen molar-refractivity contribution in [1.82, 2.24) is 0 Å². The summed E-state index contributed by atoms with van der Waals surface area (Å²) in [6.07, 6.45) is 2.73. The molecule has 2 saturated carbocycles. The highest BCUT2D eigenvalue weighted by molar-refractivity contribution is 5.88. The first-order valence-electron chi connectivity index (χ1n) is 4.87. The summed E-state index contributed by atoms with van der Waals surface area (Å²) >= 11 is 0. The minimum atomic E-state index is -0.759. The molecule has 0 aromatic heterocycles. The SMILES string of the molecule is C[C@@H](C(=O)O)C1CC2CCC1C2=O. The van der Waals surface area contributed by atoms with E-state index in [9.17, 15) is 9.59 Å². The first kappa shape index (κ1) is 8.73. The summed E-state index contributed by atoms with van der Waals surface area (Å²) < 4.78 is 0. The zero-order valence-electron chi connectivity index (χ0n) is 7.69. The van der Waals surface area contributed by atoms with Crippen molar-refractivity contribution < 1.29 is 14.7 Å². The number of rotatable bonds is 2. The highest BCUT2D eigenvalue weighted by atomic mass is 16.4. The third-order valence-corrected chi connectivity index (χ3v) is 3.70. The molecule has 2 rings (SSSR count). The van der Waals surface area contributed by atoms with Crippen LogP contribution in [0.2, 0.25) is 0 Å². The number of Topliss-reactive ketones (excluding diaryl/α,β-unsaturated/α-hetero) is 1. The van der Waals surface area contributed by atoms with Crippen molar-refractivity contribution in [2.24, 2.45) is 23.7 Å². The molecule has 0 aromatic carbocycles. The van der Waals surface area contributed by atoms with Crippen molar-refractivity contribution in [3.05, 3.63) is 0 Å². The van der Waals surface area contributed by atoms with Gasteiger partial charge in [-0.25, -0.2) is 0 Å². The summed E-state index contributed by atoms with van der Waals surface area (Å²) in [5.41, 5.74) is 0. The summed E-state index contributed by atoms with van der Waals surface area (Å²) in [6.45, 7) is 1.72. The molecule has 0 aliphatic heterocycles. The standard InChI is InChI=1S/C10H14O3/c1-5(10(12)13)8-4-6-2-3-7(8)9(6)11/h5-8H,2-4H2,1H3,(H,12,13)/t5-,6?,7?,8?/m1/s1. The Morgan fingerprint density at radius 3 is 2.62 bits per heavy atom. The van der Waals surface area contributed by atoms with Gasteiger partial charge < -0.3 is 5.11 Å². The molecule has 3 heteroatoms. The number of carboxylic acid groups (broad SMARTS) is 1. The van der Waals surface area contributed by atoms with Crippen molar-refractivity contribution in [2.75, 3.05) is 0 Å². The normalized spacial score (nSPS) is 39.5. The number of carbonyl (C=O) groups is 2. The first-order valence-corrected chi connectivity index (χ1v) is 4.87. The largest absolute Gasteiger partial charge is 0.481 e. The molecule has 72 valence electrons. The Bertz CT molecular complexity index is 259. The molecule has 0 heterocycles. The van der Waals surface area contributed by atoms with Gasteiger partial charge in [-0.1, -0.05) is 6.92 Å². The van der Waals surface area contributed by atoms with Crippen LogP contribution in [0.5, 0.6) is 0 Å². The second kappa shape index (κ2) is 2.82. The number of hydrogen-bond donors (Lipinski definition) is 1. The molecule has 0 radical (unpaired) electrons. The van der Waals surface area contributed by atoms with Crippen LogP contribution in [0.15, 0.2) is 0 Å². The number of carboxylic acids is 1. The van der Waals surface area contributed by atoms with Gasteiger partial charge in [0.25, 0.3) is 0 Å². The van der Waals surface area contributed by atoms with Crippen molar-refractivity contribution >= 4 is 11.8 Å². The van der Waals surface area contributed by atoms with Crippen molar-refractivity contribution in [2.45, 2.75) is 26.2 Å². The van der Waals surface area contributed by atoms with Crippen molar-refractivity contribution in [3.63, 3.8) is 0 Å². The van der Waals surface area contributed by atoms with Gasteiger partial charge in [0.05, 0.1) is 5.92 Å². The maximum atomic E-state index is 11.5. The average Bonchev–Trinajstić information content (AvgIpc) is 2.60. The molecule has 2 aliphatic rings. The van der Waals surface area contributed by atoms with Gasteiger partial charge in [-0.3, -0.25) is 9.59 Å². The topological polar surface area (TPSA) is 54.4 Å². The van der Waals surface area contributed by atoms with E-state index in [0.29, 0.717) is 5.78 Å². The van der Waals surface area contributed by atoms with Crippen LogP contribution in [0.25, 0.3) is 0 Å². The zero-order chi connectivity index (χ0) is 9.59. The summed E-state index contributed by atoms with van der Waals surface area (Å²) in [7, 11) is 0. The van der Waals surface area contributed by atoms with Crippen LogP contribution in [-0.4, -0.2) is 16.9 Å². The van der Waals surface area contributed by atoms with E-state index in [1.54, 1.807) is 6.92 Å². The van der Waals surface area contributed by atoms with E-state index in [1.807, 2.05) is 0 Å². The Morgan fingerprint density at radius 2 is 2.23 bits per heavy atom. The maximum Gasteiger partial charge on any atom is 0.306 e. The van der Waals surface area contributed by atoms with Crippen LogP contribution in [-0.2, 0) is 9.59 Å². The number of fused-ring (bicyclic) bond motifs is 2. The lowest BCUT2D eigenvalue weighted by Gasteiger charge is -2.23. The minimum absolute atomic E-state index is 0.0658. The molecule has 0 aromatic rings. The van der Waals surface area contributed by atoms with E-state index in [2.05, 4.69) is 0 Å². The second-order valence-corrected chi connectivity index (χ2v) is 4.31. The fourth-order valence-electron chi connectivity index (χ4n) is 2.86. The summed E-state index contributed by atoms with van der Waals surface area (Å²) in [6, 6.07) is 0. The average molecular weight is 182 g/mol. The molecule has 0 saturated heterocycles. The number of hydrogen-bond acceptors (Lipinski definition) is 2. The van der Waals surface area contributed by atoms with Gasteiger partial charge in [0.15, 0.2) is 0 Å². The van der Waals surface area contributed by atoms with E-state index < -0.39 is 5.97 Å². The lowest BCUT2D eigenvalue weighted by Crippen LogP contribution is -2.26. The van der Waals surface area contributed by atoms with E-state index in [4.69, 9.17) is 5.11 Å². The number of ketones is 1. The maximum absolute atomic E-state index is 11.5. The molecule has 4 atom stereocenters. The third-order valence-electron chi connectivity index (χ3n) is 3.70. The smallest absolute Gasteiger partial charge is 0.306 e. The highest BCUT2D eigenvalue weighted by Gasteiger charge is 2.49. The van der Waals surface area contributed by atoms with Crippen LogP contribution in [0.3, 0.4) is 0 Å². The van der Waals surface area contributed by atoms with Crippen molar-refractivity contribution in [1.29, 1.82) is 0 Å². The van der Waals surface area contributed by atoms with Crippen molar-refractivity contribution in [3.8, 4) is 0 Å². The Labute approximate surface area is 77.1 Å². The van der Waals surface area contributed by atoms with Gasteiger partial charge in [-0.2, -0.15) is 0 Å². The van der Waals surface area contributed by atoms with Gasteiger partial charge >= 0.3 is 5.97 Å². The van der Waals surface area contributed by atoms with E-state index in [0.717, 1.165) is 19.3 Å². The fraction of sp³-hybridized carbons (Fsp3) is 0.800. The van der Waals surface area contributed by atoms with Crippen LogP contribution >= 0.6 is 0 Å². The zero-order valence-corrected chi connectivity index (χ0v) is 7.69. The predicted molar refractivity (Wildman–Crippen MR) is 46.1 cm³/mol. The molecule has 2 bridgehead atoms. The summed E-state index contributed by atoms with van der Waals surface area (Å²) in [5.74, 6) is -0.403. The van der Waals surface area contributed by atoms with Gasteiger partial charge in [0.1, 0.15) is 5.78 Å². The Kier molecular flexibility index (Phi) is 1.90. The summed E-state index contributed by atoms with van der Waals surface area (Å²) in [4.78, 5) is 22.3. The summed E-state index contributed by atoms with van der Waals surface area (Å²) in [5, 5.41) is 8.85. The van der Waals surface area contributed by atoms with Gasteiger partial charge in [0.2, 0.25) is 0 Å². The van der Waals surface area contributed by atoms with Gasteiger partial charge in [-0.05, 0) is 25.2 Å². The predicted octanol–water partition coefficient (Wildman–Crippen LogP) is 1.32. The molecular formula is C10H14O3. The van der Waals surface area contributed by atoms with Crippen LogP contribution < -0.4 is 0 Å². The number of aliphatic carboxylic acids is 1. The lowest BCUT2D eigenvalue weighted by molar-refractivity contribution is -0.143. The van der Waals surface area contributed by atoms with E-state index in [-0.39, 0.29) is 23.7 Å². The first-order chi connectivity index (χ1) is 6.11. The van der Waals surface area contributed by atoms with Gasteiger partial charge in [0, 0.05) is 11.8 Å². The number of carbonyl (C=O) groups excluding carboxylic acids is 1. The third kappa shape index (κ3) is 1.18.